The highest BCUT2D eigenvalue weighted by atomic mass is 32.2. The van der Waals surface area contributed by atoms with E-state index in [1.54, 1.807) is 6.08 Å². The first-order valence-corrected chi connectivity index (χ1v) is 12.1. The lowest BCUT2D eigenvalue weighted by atomic mass is 10.1. The van der Waals surface area contributed by atoms with Crippen molar-refractivity contribution in [2.75, 3.05) is 6.61 Å². The molecule has 2 aromatic carbocycles. The first-order chi connectivity index (χ1) is 16.8. The van der Waals surface area contributed by atoms with E-state index in [1.807, 2.05) is 50.2 Å². The molecular formula is C27H25N5O2S. The Kier molecular flexibility index (Phi) is 5.90. The van der Waals surface area contributed by atoms with Crippen LogP contribution in [0.3, 0.4) is 0 Å². The van der Waals surface area contributed by atoms with Crippen LogP contribution in [-0.2, 0) is 4.79 Å². The van der Waals surface area contributed by atoms with E-state index in [0.29, 0.717) is 10.2 Å². The van der Waals surface area contributed by atoms with Gasteiger partial charge in [0.15, 0.2) is 5.84 Å². The lowest BCUT2D eigenvalue weighted by Gasteiger charge is -2.20. The van der Waals surface area contributed by atoms with Crippen molar-refractivity contribution in [1.82, 2.24) is 9.58 Å². The summed E-state index contributed by atoms with van der Waals surface area (Å²) in [6.45, 7) is 8.47. The van der Waals surface area contributed by atoms with Crippen molar-refractivity contribution in [3.8, 4) is 11.4 Å². The van der Waals surface area contributed by atoms with Gasteiger partial charge in [-0.15, -0.1) is 0 Å². The summed E-state index contributed by atoms with van der Waals surface area (Å²) in [4.78, 5) is 17.1. The zero-order valence-electron chi connectivity index (χ0n) is 20.0. The molecule has 0 saturated carbocycles. The maximum atomic E-state index is 12.9. The molecule has 35 heavy (non-hydrogen) atoms. The van der Waals surface area contributed by atoms with Crippen molar-refractivity contribution in [1.29, 1.82) is 5.41 Å². The summed E-state index contributed by atoms with van der Waals surface area (Å²) in [5.74, 6) is 0.303. The number of nitrogens with one attached hydrogen (secondary N) is 1. The lowest BCUT2D eigenvalue weighted by Crippen LogP contribution is -2.35. The summed E-state index contributed by atoms with van der Waals surface area (Å²) in [6.07, 6.45) is 1.74. The van der Waals surface area contributed by atoms with Crippen molar-refractivity contribution in [3.05, 3.63) is 88.2 Å². The topological polar surface area (TPSA) is 83.0 Å². The third kappa shape index (κ3) is 4.33. The summed E-state index contributed by atoms with van der Waals surface area (Å²) in [5, 5.41) is 15.6. The van der Waals surface area contributed by atoms with Gasteiger partial charge in [0.25, 0.3) is 5.91 Å². The van der Waals surface area contributed by atoms with Gasteiger partial charge in [-0.25, -0.2) is 0 Å². The quantitative estimate of drug-likeness (QED) is 0.492. The van der Waals surface area contributed by atoms with Crippen LogP contribution in [0.25, 0.3) is 11.8 Å². The molecule has 0 radical (unpaired) electrons. The van der Waals surface area contributed by atoms with Gasteiger partial charge in [-0.3, -0.25) is 10.2 Å². The maximum absolute atomic E-state index is 12.9. The molecule has 2 aliphatic rings. The number of hydrazone groups is 1. The average molecular weight is 484 g/mol. The smallest absolute Gasteiger partial charge is 0.283 e. The number of aryl methyl sites for hydroxylation is 3. The van der Waals surface area contributed by atoms with E-state index in [1.165, 1.54) is 27.9 Å². The summed E-state index contributed by atoms with van der Waals surface area (Å²) >= 11 is 1.25. The highest BCUT2D eigenvalue weighted by Gasteiger charge is 2.36. The molecule has 3 aromatic rings. The van der Waals surface area contributed by atoms with Gasteiger partial charge >= 0.3 is 0 Å². The molecule has 2 aliphatic heterocycles. The number of rotatable bonds is 5. The number of nitrogens with zero attached hydrogens (tertiary/aromatic N) is 4. The molecule has 1 N–H and O–H groups in total. The van der Waals surface area contributed by atoms with E-state index in [4.69, 9.17) is 10.1 Å². The first kappa shape index (κ1) is 22.9. The number of amidine groups is 2. The molecule has 1 aromatic heterocycles. The Balaban J connectivity index is 1.42. The Morgan fingerprint density at radius 1 is 1.06 bits per heavy atom. The first-order valence-electron chi connectivity index (χ1n) is 11.3. The molecule has 3 heterocycles. The molecule has 0 unspecified atom stereocenters. The second-order valence-electron chi connectivity index (χ2n) is 8.57. The van der Waals surface area contributed by atoms with Crippen LogP contribution in [-0.4, -0.2) is 38.1 Å². The highest BCUT2D eigenvalue weighted by molar-refractivity contribution is 8.27. The van der Waals surface area contributed by atoms with Gasteiger partial charge in [0, 0.05) is 17.1 Å². The molecule has 0 fully saturated rings. The number of fused-ring (bicyclic) bond motifs is 1. The number of carbonyl (C=O) groups excluding carboxylic acids is 1. The van der Waals surface area contributed by atoms with Gasteiger partial charge in [0.1, 0.15) is 17.4 Å². The van der Waals surface area contributed by atoms with Crippen LogP contribution in [0.5, 0.6) is 5.75 Å². The van der Waals surface area contributed by atoms with E-state index in [-0.39, 0.29) is 18.0 Å². The van der Waals surface area contributed by atoms with Crippen LogP contribution in [0.4, 0.5) is 0 Å². The second kappa shape index (κ2) is 9.03. The minimum Gasteiger partial charge on any atom is -0.487 e. The maximum Gasteiger partial charge on any atom is 0.283 e. The van der Waals surface area contributed by atoms with E-state index in [0.717, 1.165) is 28.4 Å². The van der Waals surface area contributed by atoms with Gasteiger partial charge in [0.05, 0.1) is 5.57 Å². The van der Waals surface area contributed by atoms with Gasteiger partial charge < -0.3 is 9.30 Å². The number of ether oxygens (including phenoxy) is 1. The zero-order valence-corrected chi connectivity index (χ0v) is 20.8. The fourth-order valence-electron chi connectivity index (χ4n) is 4.27. The molecule has 0 aliphatic carbocycles. The monoisotopic (exact) mass is 483 g/mol. The molecule has 0 saturated heterocycles. The molecule has 0 spiro atoms. The Bertz CT molecular complexity index is 1450. The van der Waals surface area contributed by atoms with Crippen molar-refractivity contribution in [2.24, 2.45) is 10.1 Å². The Labute approximate surface area is 208 Å². The van der Waals surface area contributed by atoms with E-state index in [9.17, 15) is 4.79 Å². The van der Waals surface area contributed by atoms with Gasteiger partial charge in [-0.05, 0) is 80.9 Å². The van der Waals surface area contributed by atoms with Crippen molar-refractivity contribution in [3.63, 3.8) is 0 Å². The number of amides is 1. The van der Waals surface area contributed by atoms with Crippen LogP contribution in [0, 0.1) is 33.1 Å². The lowest BCUT2D eigenvalue weighted by molar-refractivity contribution is -0.114. The van der Waals surface area contributed by atoms with Crippen molar-refractivity contribution >= 4 is 39.8 Å². The number of aromatic nitrogens is 1. The predicted molar refractivity (Wildman–Crippen MR) is 142 cm³/mol. The largest absolute Gasteiger partial charge is 0.487 e. The number of hydrogen-bond donors (Lipinski definition) is 1. The third-order valence-corrected chi connectivity index (χ3v) is 6.85. The van der Waals surface area contributed by atoms with Crippen LogP contribution in [0.15, 0.2) is 70.3 Å². The Morgan fingerprint density at radius 2 is 1.83 bits per heavy atom. The third-order valence-electron chi connectivity index (χ3n) is 5.97. The minimum atomic E-state index is -0.439. The molecule has 0 atom stereocenters. The van der Waals surface area contributed by atoms with Gasteiger partial charge in [0.2, 0.25) is 5.17 Å². The summed E-state index contributed by atoms with van der Waals surface area (Å²) < 4.78 is 7.94. The molecule has 176 valence electrons. The summed E-state index contributed by atoms with van der Waals surface area (Å²) in [6, 6.07) is 17.8. The molecule has 1 amide bonds. The Hall–Kier alpha value is -3.91. The fraction of sp³-hybridized carbons (Fsp3) is 0.185. The fourth-order valence-corrected chi connectivity index (χ4v) is 5.07. The molecular weight excluding hydrogens is 458 g/mol. The molecule has 8 heteroatoms. The summed E-state index contributed by atoms with van der Waals surface area (Å²) in [5.41, 5.74) is 6.62. The summed E-state index contributed by atoms with van der Waals surface area (Å²) in [7, 11) is 0. The van der Waals surface area contributed by atoms with Gasteiger partial charge in [-0.2, -0.15) is 15.1 Å². The standard InChI is InChI=1S/C27H25N5O2S/c1-16-10-11-23(17(2)12-16)31-18(3)13-20(19(31)4)14-22-25(28)32-27(29-26(22)33)35-24(30-32)15-34-21-8-6-5-7-9-21/h5-14,28H,15H2,1-4H3/b22-14-,28-25?. The second-order valence-corrected chi connectivity index (χ2v) is 9.61. The van der Waals surface area contributed by atoms with Crippen LogP contribution in [0.2, 0.25) is 0 Å². The number of carbonyl (C=O) groups is 1. The SMILES string of the molecule is Cc1ccc(-n2c(C)cc(/C=C3/C(=N)N4N=C(COc5ccccc5)SC4=NC3=O)c2C)c(C)c1. The molecule has 7 nitrogen and oxygen atoms in total. The Morgan fingerprint density at radius 3 is 2.57 bits per heavy atom. The van der Waals surface area contributed by atoms with Crippen LogP contribution >= 0.6 is 11.8 Å². The van der Waals surface area contributed by atoms with E-state index >= 15 is 0 Å². The number of hydrogen-bond acceptors (Lipinski definition) is 5. The number of aliphatic imine (C=N–C) groups is 1. The minimum absolute atomic E-state index is 0.0125. The number of thioether (sulfide) groups is 1. The highest BCUT2D eigenvalue weighted by Crippen LogP contribution is 2.30. The van der Waals surface area contributed by atoms with E-state index < -0.39 is 5.91 Å². The van der Waals surface area contributed by atoms with Crippen molar-refractivity contribution in [2.45, 2.75) is 27.7 Å². The predicted octanol–water partition coefficient (Wildman–Crippen LogP) is 5.41. The normalized spacial score (nSPS) is 16.5. The molecule has 5 rings (SSSR count). The molecule has 0 bridgehead atoms. The number of para-hydroxylation sites is 1. The number of benzene rings is 2. The zero-order chi connectivity index (χ0) is 24.7. The van der Waals surface area contributed by atoms with Crippen LogP contribution in [0.1, 0.15) is 28.1 Å². The average Bonchev–Trinajstić information content (AvgIpc) is 3.36. The van der Waals surface area contributed by atoms with Crippen LogP contribution < -0.4 is 4.74 Å². The van der Waals surface area contributed by atoms with E-state index in [2.05, 4.69) is 46.7 Å². The van der Waals surface area contributed by atoms with Gasteiger partial charge in [-0.1, -0.05) is 35.9 Å². The van der Waals surface area contributed by atoms with Crippen molar-refractivity contribution < 1.29 is 9.53 Å².